The normalized spacial score (nSPS) is 10.8. The Bertz CT molecular complexity index is 742. The van der Waals surface area contributed by atoms with Crippen LogP contribution in [0.25, 0.3) is 0 Å². The summed E-state index contributed by atoms with van der Waals surface area (Å²) in [6, 6.07) is 11.6. The molecule has 2 aromatic rings. The van der Waals surface area contributed by atoms with Gasteiger partial charge < -0.3 is 4.74 Å². The van der Waals surface area contributed by atoms with Crippen LogP contribution in [0.2, 0.25) is 0 Å². The number of amides is 1. The number of rotatable bonds is 5. The van der Waals surface area contributed by atoms with Crippen LogP contribution in [0.1, 0.15) is 22.3 Å². The van der Waals surface area contributed by atoms with Crippen molar-refractivity contribution < 1.29 is 9.53 Å². The summed E-state index contributed by atoms with van der Waals surface area (Å²) in [5, 5.41) is 4.01. The molecule has 5 heteroatoms. The predicted octanol–water partition coefficient (Wildman–Crippen LogP) is 3.77. The number of nitrogens with zero attached hydrogens (tertiary/aromatic N) is 1. The third-order valence-corrected chi connectivity index (χ3v) is 3.93. The summed E-state index contributed by atoms with van der Waals surface area (Å²) >= 11 is 3.40. The van der Waals surface area contributed by atoms with Gasteiger partial charge in [-0.2, -0.15) is 5.10 Å². The fourth-order valence-corrected chi connectivity index (χ4v) is 2.62. The van der Waals surface area contributed by atoms with Crippen molar-refractivity contribution in [2.75, 3.05) is 7.11 Å². The molecule has 0 spiro atoms. The van der Waals surface area contributed by atoms with Crippen molar-refractivity contribution in [2.24, 2.45) is 5.10 Å². The number of nitrogens with one attached hydrogen (secondary N) is 1. The molecule has 0 aliphatic heterocycles. The zero-order chi connectivity index (χ0) is 16.8. The van der Waals surface area contributed by atoms with E-state index in [0.717, 1.165) is 21.2 Å². The third kappa shape index (κ3) is 4.93. The standard InChI is InChI=1S/C18H19BrN2O2/c1-12-4-5-14(13(2)8-12)10-18(22)21-20-11-15-9-16(19)6-7-17(15)23-3/h4-9,11H,10H2,1-3H3,(H,21,22)/b20-11-. The second-order valence-corrected chi connectivity index (χ2v) is 6.20. The summed E-state index contributed by atoms with van der Waals surface area (Å²) in [4.78, 5) is 12.0. The molecule has 0 saturated carbocycles. The van der Waals surface area contributed by atoms with Gasteiger partial charge in [0.15, 0.2) is 0 Å². The fourth-order valence-electron chi connectivity index (χ4n) is 2.24. The lowest BCUT2D eigenvalue weighted by Gasteiger charge is -2.06. The van der Waals surface area contributed by atoms with E-state index in [0.29, 0.717) is 12.2 Å². The van der Waals surface area contributed by atoms with Gasteiger partial charge in [0.05, 0.1) is 19.7 Å². The molecule has 0 unspecified atom stereocenters. The van der Waals surface area contributed by atoms with Crippen LogP contribution in [0.3, 0.4) is 0 Å². The molecular weight excluding hydrogens is 356 g/mol. The van der Waals surface area contributed by atoms with Crippen molar-refractivity contribution in [2.45, 2.75) is 20.3 Å². The van der Waals surface area contributed by atoms with Crippen LogP contribution in [0, 0.1) is 13.8 Å². The highest BCUT2D eigenvalue weighted by Gasteiger charge is 2.06. The fraction of sp³-hybridized carbons (Fsp3) is 0.222. The van der Waals surface area contributed by atoms with E-state index >= 15 is 0 Å². The van der Waals surface area contributed by atoms with Crippen molar-refractivity contribution >= 4 is 28.1 Å². The summed E-state index contributed by atoms with van der Waals surface area (Å²) < 4.78 is 6.17. The lowest BCUT2D eigenvalue weighted by atomic mass is 10.0. The summed E-state index contributed by atoms with van der Waals surface area (Å²) in [6.07, 6.45) is 1.88. The van der Waals surface area contributed by atoms with Crippen LogP contribution in [0.15, 0.2) is 46.0 Å². The maximum absolute atomic E-state index is 12.0. The van der Waals surface area contributed by atoms with Gasteiger partial charge in [0.1, 0.15) is 5.75 Å². The molecule has 4 nitrogen and oxygen atoms in total. The van der Waals surface area contributed by atoms with Crippen LogP contribution < -0.4 is 10.2 Å². The molecule has 2 rings (SSSR count). The van der Waals surface area contributed by atoms with Crippen LogP contribution in [-0.2, 0) is 11.2 Å². The number of hydrazone groups is 1. The van der Waals surface area contributed by atoms with Crippen LogP contribution >= 0.6 is 15.9 Å². The van der Waals surface area contributed by atoms with Crippen molar-refractivity contribution in [3.05, 3.63) is 63.1 Å². The summed E-state index contributed by atoms with van der Waals surface area (Å²) in [7, 11) is 1.60. The number of carbonyl (C=O) groups is 1. The monoisotopic (exact) mass is 374 g/mol. The number of hydrogen-bond acceptors (Lipinski definition) is 3. The van der Waals surface area contributed by atoms with E-state index < -0.39 is 0 Å². The summed E-state index contributed by atoms with van der Waals surface area (Å²) in [5.41, 5.74) is 6.64. The number of carbonyl (C=O) groups excluding carboxylic acids is 1. The first kappa shape index (κ1) is 17.2. The summed E-state index contributed by atoms with van der Waals surface area (Å²) in [6.45, 7) is 4.04. The average molecular weight is 375 g/mol. The largest absolute Gasteiger partial charge is 0.496 e. The molecule has 23 heavy (non-hydrogen) atoms. The SMILES string of the molecule is COc1ccc(Br)cc1/C=N\NC(=O)Cc1ccc(C)cc1C. The van der Waals surface area contributed by atoms with Crippen molar-refractivity contribution in [1.29, 1.82) is 0 Å². The average Bonchev–Trinajstić information content (AvgIpc) is 2.50. The Morgan fingerprint density at radius 3 is 2.74 bits per heavy atom. The minimum absolute atomic E-state index is 0.151. The highest BCUT2D eigenvalue weighted by Crippen LogP contribution is 2.21. The van der Waals surface area contributed by atoms with Gasteiger partial charge in [-0.15, -0.1) is 0 Å². The lowest BCUT2D eigenvalue weighted by molar-refractivity contribution is -0.120. The van der Waals surface area contributed by atoms with Crippen molar-refractivity contribution in [1.82, 2.24) is 5.43 Å². The van der Waals surface area contributed by atoms with Crippen molar-refractivity contribution in [3.8, 4) is 5.75 Å². The molecule has 0 heterocycles. The molecule has 0 fully saturated rings. The highest BCUT2D eigenvalue weighted by molar-refractivity contribution is 9.10. The number of methoxy groups -OCH3 is 1. The second-order valence-electron chi connectivity index (χ2n) is 5.29. The number of hydrogen-bond donors (Lipinski definition) is 1. The Morgan fingerprint density at radius 2 is 2.04 bits per heavy atom. The zero-order valence-corrected chi connectivity index (χ0v) is 15.0. The first-order chi connectivity index (χ1) is 11.0. The molecule has 0 saturated heterocycles. The van der Waals surface area contributed by atoms with Crippen LogP contribution in [-0.4, -0.2) is 19.2 Å². The molecule has 2 aromatic carbocycles. The van der Waals surface area contributed by atoms with Gasteiger partial charge in [-0.3, -0.25) is 4.79 Å². The van der Waals surface area contributed by atoms with Gasteiger partial charge in [0.25, 0.3) is 0 Å². The number of halogens is 1. The van der Waals surface area contributed by atoms with Gasteiger partial charge in [0.2, 0.25) is 5.91 Å². The van der Waals surface area contributed by atoms with E-state index in [-0.39, 0.29) is 5.91 Å². The van der Waals surface area contributed by atoms with Crippen molar-refractivity contribution in [3.63, 3.8) is 0 Å². The highest BCUT2D eigenvalue weighted by atomic mass is 79.9. The number of ether oxygens (including phenoxy) is 1. The Labute approximate surface area is 144 Å². The maximum atomic E-state index is 12.0. The van der Waals surface area contributed by atoms with Gasteiger partial charge in [0, 0.05) is 10.0 Å². The van der Waals surface area contributed by atoms with E-state index in [4.69, 9.17) is 4.74 Å². The molecule has 0 aromatic heterocycles. The molecular formula is C18H19BrN2O2. The molecule has 0 radical (unpaired) electrons. The maximum Gasteiger partial charge on any atom is 0.244 e. The van der Waals surface area contributed by atoms with E-state index in [9.17, 15) is 4.79 Å². The van der Waals surface area contributed by atoms with Gasteiger partial charge in [-0.1, -0.05) is 39.7 Å². The Kier molecular flexibility index (Phi) is 5.93. The third-order valence-electron chi connectivity index (χ3n) is 3.43. The topological polar surface area (TPSA) is 50.7 Å². The van der Waals surface area contributed by atoms with Crippen LogP contribution in [0.4, 0.5) is 0 Å². The van der Waals surface area contributed by atoms with E-state index in [1.165, 1.54) is 5.56 Å². The first-order valence-electron chi connectivity index (χ1n) is 7.21. The smallest absolute Gasteiger partial charge is 0.244 e. The Balaban J connectivity index is 2.00. The minimum atomic E-state index is -0.151. The van der Waals surface area contributed by atoms with Crippen LogP contribution in [0.5, 0.6) is 5.75 Å². The Morgan fingerprint density at radius 1 is 1.26 bits per heavy atom. The molecule has 0 aliphatic carbocycles. The van der Waals surface area contributed by atoms with Gasteiger partial charge in [-0.25, -0.2) is 5.43 Å². The van der Waals surface area contributed by atoms with E-state index in [2.05, 4.69) is 32.5 Å². The van der Waals surface area contributed by atoms with Gasteiger partial charge >= 0.3 is 0 Å². The van der Waals surface area contributed by atoms with E-state index in [1.807, 2.05) is 44.2 Å². The number of aryl methyl sites for hydroxylation is 2. The first-order valence-corrected chi connectivity index (χ1v) is 8.00. The van der Waals surface area contributed by atoms with E-state index in [1.54, 1.807) is 13.3 Å². The lowest BCUT2D eigenvalue weighted by Crippen LogP contribution is -2.20. The number of benzene rings is 2. The second kappa shape index (κ2) is 7.92. The quantitative estimate of drug-likeness (QED) is 0.639. The summed E-state index contributed by atoms with van der Waals surface area (Å²) in [5.74, 6) is 0.544. The molecule has 0 aliphatic rings. The van der Waals surface area contributed by atoms with Gasteiger partial charge in [-0.05, 0) is 43.2 Å². The molecule has 0 bridgehead atoms. The zero-order valence-electron chi connectivity index (χ0n) is 13.4. The molecule has 120 valence electrons. The Hall–Kier alpha value is -2.14. The predicted molar refractivity (Wildman–Crippen MR) is 96.1 cm³/mol. The minimum Gasteiger partial charge on any atom is -0.496 e. The molecule has 0 atom stereocenters. The molecule has 1 N–H and O–H groups in total. The molecule has 1 amide bonds.